The SMILES string of the molecule is CCCSCC(O)Cc1ccc(I)cc1. The highest BCUT2D eigenvalue weighted by Gasteiger charge is 2.05. The van der Waals surface area contributed by atoms with Gasteiger partial charge < -0.3 is 5.11 Å². The van der Waals surface area contributed by atoms with Gasteiger partial charge >= 0.3 is 0 Å². The molecule has 84 valence electrons. The van der Waals surface area contributed by atoms with Crippen molar-refractivity contribution in [3.05, 3.63) is 33.4 Å². The summed E-state index contributed by atoms with van der Waals surface area (Å²) in [4.78, 5) is 0. The van der Waals surface area contributed by atoms with Gasteiger partial charge in [0.1, 0.15) is 0 Å². The fourth-order valence-corrected chi connectivity index (χ4v) is 2.52. The summed E-state index contributed by atoms with van der Waals surface area (Å²) in [5, 5.41) is 9.78. The Hall–Kier alpha value is 0.260. The van der Waals surface area contributed by atoms with Crippen molar-refractivity contribution in [2.45, 2.75) is 25.9 Å². The first kappa shape index (κ1) is 13.3. The zero-order valence-electron chi connectivity index (χ0n) is 8.95. The van der Waals surface area contributed by atoms with Gasteiger partial charge in [0.25, 0.3) is 0 Å². The topological polar surface area (TPSA) is 20.2 Å². The number of benzene rings is 1. The van der Waals surface area contributed by atoms with Gasteiger partial charge in [-0.25, -0.2) is 0 Å². The van der Waals surface area contributed by atoms with Gasteiger partial charge in [0.05, 0.1) is 6.10 Å². The lowest BCUT2D eigenvalue weighted by atomic mass is 10.1. The van der Waals surface area contributed by atoms with Crippen LogP contribution in [-0.4, -0.2) is 22.7 Å². The zero-order chi connectivity index (χ0) is 11.1. The summed E-state index contributed by atoms with van der Waals surface area (Å²) in [5.41, 5.74) is 1.22. The number of aliphatic hydroxyl groups is 1. The van der Waals surface area contributed by atoms with E-state index in [1.807, 2.05) is 11.8 Å². The largest absolute Gasteiger partial charge is 0.392 e. The molecule has 1 aromatic carbocycles. The molecule has 0 spiro atoms. The summed E-state index contributed by atoms with van der Waals surface area (Å²) < 4.78 is 1.24. The normalized spacial score (nSPS) is 12.7. The van der Waals surface area contributed by atoms with Crippen LogP contribution in [0.25, 0.3) is 0 Å². The van der Waals surface area contributed by atoms with E-state index in [0.717, 1.165) is 17.9 Å². The van der Waals surface area contributed by atoms with E-state index < -0.39 is 0 Å². The molecule has 0 saturated heterocycles. The number of hydrogen-bond acceptors (Lipinski definition) is 2. The second-order valence-corrected chi connectivity index (χ2v) is 5.95. The zero-order valence-corrected chi connectivity index (χ0v) is 11.9. The lowest BCUT2D eigenvalue weighted by Crippen LogP contribution is -2.13. The lowest BCUT2D eigenvalue weighted by Gasteiger charge is -2.09. The molecule has 1 aromatic rings. The molecule has 1 N–H and O–H groups in total. The van der Waals surface area contributed by atoms with Gasteiger partial charge in [-0.1, -0.05) is 19.1 Å². The van der Waals surface area contributed by atoms with Gasteiger partial charge in [-0.15, -0.1) is 0 Å². The van der Waals surface area contributed by atoms with Gasteiger partial charge in [0, 0.05) is 9.32 Å². The highest BCUT2D eigenvalue weighted by atomic mass is 127. The molecule has 0 aliphatic rings. The van der Waals surface area contributed by atoms with E-state index in [9.17, 15) is 5.11 Å². The van der Waals surface area contributed by atoms with Crippen LogP contribution in [0.4, 0.5) is 0 Å². The Morgan fingerprint density at radius 3 is 2.60 bits per heavy atom. The van der Waals surface area contributed by atoms with E-state index in [2.05, 4.69) is 53.8 Å². The second kappa shape index (κ2) is 7.52. The molecule has 0 aromatic heterocycles. The third-order valence-corrected chi connectivity index (χ3v) is 4.08. The molecule has 0 fully saturated rings. The molecular formula is C12H17IOS. The maximum atomic E-state index is 9.78. The summed E-state index contributed by atoms with van der Waals surface area (Å²) in [5.74, 6) is 1.99. The van der Waals surface area contributed by atoms with Crippen LogP contribution in [0, 0.1) is 3.57 Å². The molecular weight excluding hydrogens is 319 g/mol. The number of thioether (sulfide) groups is 1. The Labute approximate surface area is 110 Å². The molecule has 3 heteroatoms. The second-order valence-electron chi connectivity index (χ2n) is 3.56. The maximum Gasteiger partial charge on any atom is 0.0670 e. The first-order chi connectivity index (χ1) is 7.22. The van der Waals surface area contributed by atoms with Crippen LogP contribution in [-0.2, 0) is 6.42 Å². The number of aliphatic hydroxyl groups excluding tert-OH is 1. The number of hydrogen-bond donors (Lipinski definition) is 1. The molecule has 0 saturated carbocycles. The Morgan fingerprint density at radius 2 is 2.00 bits per heavy atom. The van der Waals surface area contributed by atoms with Crippen LogP contribution in [0.3, 0.4) is 0 Å². The Morgan fingerprint density at radius 1 is 1.33 bits per heavy atom. The molecule has 0 amide bonds. The third-order valence-electron chi connectivity index (χ3n) is 2.04. The molecule has 0 heterocycles. The predicted molar refractivity (Wildman–Crippen MR) is 76.5 cm³/mol. The van der Waals surface area contributed by atoms with Gasteiger partial charge in [0.15, 0.2) is 0 Å². The molecule has 1 unspecified atom stereocenters. The highest BCUT2D eigenvalue weighted by molar-refractivity contribution is 14.1. The van der Waals surface area contributed by atoms with Crippen molar-refractivity contribution < 1.29 is 5.11 Å². The average Bonchev–Trinajstić information content (AvgIpc) is 2.22. The highest BCUT2D eigenvalue weighted by Crippen LogP contribution is 2.11. The van der Waals surface area contributed by atoms with Crippen LogP contribution in [0.15, 0.2) is 24.3 Å². The van der Waals surface area contributed by atoms with Crippen molar-refractivity contribution in [3.8, 4) is 0 Å². The van der Waals surface area contributed by atoms with Crippen molar-refractivity contribution in [1.82, 2.24) is 0 Å². The first-order valence-electron chi connectivity index (χ1n) is 5.22. The Kier molecular flexibility index (Phi) is 6.68. The fraction of sp³-hybridized carbons (Fsp3) is 0.500. The molecule has 0 bridgehead atoms. The van der Waals surface area contributed by atoms with Crippen LogP contribution in [0.2, 0.25) is 0 Å². The van der Waals surface area contributed by atoms with E-state index in [-0.39, 0.29) is 6.10 Å². The van der Waals surface area contributed by atoms with Gasteiger partial charge in [-0.2, -0.15) is 11.8 Å². The maximum absolute atomic E-state index is 9.78. The lowest BCUT2D eigenvalue weighted by molar-refractivity contribution is 0.200. The predicted octanol–water partition coefficient (Wildman–Crippen LogP) is 3.34. The molecule has 1 atom stereocenters. The molecule has 0 aliphatic carbocycles. The summed E-state index contributed by atoms with van der Waals surface area (Å²) in [6.45, 7) is 2.17. The smallest absolute Gasteiger partial charge is 0.0670 e. The Balaban J connectivity index is 2.31. The minimum atomic E-state index is -0.207. The fourth-order valence-electron chi connectivity index (χ4n) is 1.32. The molecule has 15 heavy (non-hydrogen) atoms. The number of halogens is 1. The summed E-state index contributed by atoms with van der Waals surface area (Å²) in [6, 6.07) is 8.36. The quantitative estimate of drug-likeness (QED) is 0.635. The van der Waals surface area contributed by atoms with Crippen LogP contribution < -0.4 is 0 Å². The van der Waals surface area contributed by atoms with Crippen LogP contribution in [0.1, 0.15) is 18.9 Å². The van der Waals surface area contributed by atoms with Crippen molar-refractivity contribution in [2.75, 3.05) is 11.5 Å². The van der Waals surface area contributed by atoms with Gasteiger partial charge in [-0.3, -0.25) is 0 Å². The van der Waals surface area contributed by atoms with E-state index in [1.165, 1.54) is 15.6 Å². The molecule has 0 radical (unpaired) electrons. The standard InChI is InChI=1S/C12H17IOS/c1-2-7-15-9-12(14)8-10-3-5-11(13)6-4-10/h3-6,12,14H,2,7-9H2,1H3. The minimum absolute atomic E-state index is 0.207. The van der Waals surface area contributed by atoms with E-state index in [1.54, 1.807) is 0 Å². The van der Waals surface area contributed by atoms with Crippen molar-refractivity contribution >= 4 is 34.4 Å². The van der Waals surface area contributed by atoms with E-state index >= 15 is 0 Å². The van der Waals surface area contributed by atoms with Crippen LogP contribution >= 0.6 is 34.4 Å². The first-order valence-corrected chi connectivity index (χ1v) is 7.46. The minimum Gasteiger partial charge on any atom is -0.392 e. The molecule has 1 rings (SSSR count). The average molecular weight is 336 g/mol. The summed E-state index contributed by atoms with van der Waals surface area (Å²) in [6.07, 6.45) is 1.75. The summed E-state index contributed by atoms with van der Waals surface area (Å²) in [7, 11) is 0. The third kappa shape index (κ3) is 5.78. The Bertz CT molecular complexity index is 273. The monoisotopic (exact) mass is 336 g/mol. The molecule has 0 aliphatic heterocycles. The van der Waals surface area contributed by atoms with E-state index in [4.69, 9.17) is 0 Å². The van der Waals surface area contributed by atoms with Gasteiger partial charge in [-0.05, 0) is 58.9 Å². The summed E-state index contributed by atoms with van der Waals surface area (Å²) >= 11 is 4.12. The number of rotatable bonds is 6. The van der Waals surface area contributed by atoms with Gasteiger partial charge in [0.2, 0.25) is 0 Å². The molecule has 1 nitrogen and oxygen atoms in total. The van der Waals surface area contributed by atoms with E-state index in [0.29, 0.717) is 0 Å². The van der Waals surface area contributed by atoms with Crippen molar-refractivity contribution in [1.29, 1.82) is 0 Å². The van der Waals surface area contributed by atoms with Crippen LogP contribution in [0.5, 0.6) is 0 Å². The van der Waals surface area contributed by atoms with Crippen molar-refractivity contribution in [2.24, 2.45) is 0 Å². The van der Waals surface area contributed by atoms with Crippen molar-refractivity contribution in [3.63, 3.8) is 0 Å².